The highest BCUT2D eigenvalue weighted by Gasteiger charge is 2.26. The van der Waals surface area contributed by atoms with Crippen LogP contribution in [0.4, 0.5) is 5.69 Å². The number of benzene rings is 2. The molecule has 0 radical (unpaired) electrons. The molecule has 2 amide bonds. The molecule has 0 spiro atoms. The van der Waals surface area contributed by atoms with E-state index in [1.165, 1.54) is 0 Å². The first-order valence-corrected chi connectivity index (χ1v) is 9.69. The fourth-order valence-corrected chi connectivity index (χ4v) is 3.52. The van der Waals surface area contributed by atoms with Crippen LogP contribution in [-0.4, -0.2) is 33.9 Å². The Labute approximate surface area is 166 Å². The van der Waals surface area contributed by atoms with Crippen LogP contribution in [0.3, 0.4) is 0 Å². The van der Waals surface area contributed by atoms with Crippen LogP contribution in [0.25, 0.3) is 10.9 Å². The zero-order valence-corrected chi connectivity index (χ0v) is 16.7. The van der Waals surface area contributed by atoms with Gasteiger partial charge in [0.2, 0.25) is 11.8 Å². The molecule has 5 heteroatoms. The van der Waals surface area contributed by atoms with E-state index in [2.05, 4.69) is 5.32 Å². The van der Waals surface area contributed by atoms with Gasteiger partial charge in [0.1, 0.15) is 6.04 Å². The molecule has 0 aliphatic rings. The second-order valence-electron chi connectivity index (χ2n) is 7.08. The Morgan fingerprint density at radius 3 is 2.46 bits per heavy atom. The summed E-state index contributed by atoms with van der Waals surface area (Å²) in [5, 5.41) is 3.98. The summed E-state index contributed by atoms with van der Waals surface area (Å²) in [4.78, 5) is 27.5. The summed E-state index contributed by atoms with van der Waals surface area (Å²) in [5.74, 6) is -0.208. The van der Waals surface area contributed by atoms with Crippen LogP contribution in [0, 0.1) is 0 Å². The average molecular weight is 377 g/mol. The first-order chi connectivity index (χ1) is 13.5. The number of fused-ring (bicyclic) bond motifs is 1. The number of hydrogen-bond donors (Lipinski definition) is 1. The van der Waals surface area contributed by atoms with Gasteiger partial charge in [-0.05, 0) is 37.1 Å². The number of anilines is 1. The molecule has 3 rings (SSSR count). The SMILES string of the molecule is CCCN(C(=O)Cc1cn(C)c2ccccc12)C(C)C(=O)Nc1ccccc1. The Morgan fingerprint density at radius 2 is 1.75 bits per heavy atom. The van der Waals surface area contributed by atoms with Crippen molar-refractivity contribution in [1.29, 1.82) is 0 Å². The fourth-order valence-electron chi connectivity index (χ4n) is 3.52. The number of hydrogen-bond acceptors (Lipinski definition) is 2. The van der Waals surface area contributed by atoms with Gasteiger partial charge in [0.25, 0.3) is 0 Å². The van der Waals surface area contributed by atoms with Gasteiger partial charge < -0.3 is 14.8 Å². The Bertz CT molecular complexity index is 962. The molecule has 0 saturated heterocycles. The third-order valence-corrected chi connectivity index (χ3v) is 4.99. The summed E-state index contributed by atoms with van der Waals surface area (Å²) in [5.41, 5.74) is 2.82. The molecule has 1 aromatic heterocycles. The second-order valence-corrected chi connectivity index (χ2v) is 7.08. The fraction of sp³-hybridized carbons (Fsp3) is 0.304. The van der Waals surface area contributed by atoms with Crippen LogP contribution in [-0.2, 0) is 23.1 Å². The number of aromatic nitrogens is 1. The van der Waals surface area contributed by atoms with E-state index < -0.39 is 6.04 Å². The van der Waals surface area contributed by atoms with E-state index in [9.17, 15) is 9.59 Å². The number of nitrogens with zero attached hydrogens (tertiary/aromatic N) is 2. The summed E-state index contributed by atoms with van der Waals surface area (Å²) in [6, 6.07) is 16.8. The maximum Gasteiger partial charge on any atom is 0.246 e. The van der Waals surface area contributed by atoms with E-state index >= 15 is 0 Å². The quantitative estimate of drug-likeness (QED) is 0.677. The van der Waals surface area contributed by atoms with Crippen molar-refractivity contribution in [3.63, 3.8) is 0 Å². The molecule has 1 atom stereocenters. The average Bonchev–Trinajstić information content (AvgIpc) is 3.02. The number of carbonyl (C=O) groups excluding carboxylic acids is 2. The molecule has 1 unspecified atom stereocenters. The predicted octanol–water partition coefficient (Wildman–Crippen LogP) is 3.99. The molecule has 0 saturated carbocycles. The van der Waals surface area contributed by atoms with Crippen LogP contribution >= 0.6 is 0 Å². The highest BCUT2D eigenvalue weighted by Crippen LogP contribution is 2.22. The van der Waals surface area contributed by atoms with Gasteiger partial charge in [0.15, 0.2) is 0 Å². The molecule has 28 heavy (non-hydrogen) atoms. The zero-order chi connectivity index (χ0) is 20.1. The van der Waals surface area contributed by atoms with Crippen LogP contribution in [0.2, 0.25) is 0 Å². The van der Waals surface area contributed by atoms with Gasteiger partial charge in [-0.15, -0.1) is 0 Å². The molecule has 0 aliphatic carbocycles. The standard InChI is InChI=1S/C23H27N3O2/c1-4-14-26(17(2)23(28)24-19-10-6-5-7-11-19)22(27)15-18-16-25(3)21-13-9-8-12-20(18)21/h5-13,16-17H,4,14-15H2,1-3H3,(H,24,28). The Kier molecular flexibility index (Phi) is 6.14. The lowest BCUT2D eigenvalue weighted by molar-refractivity contribution is -0.137. The molecule has 146 valence electrons. The van der Waals surface area contributed by atoms with Gasteiger partial charge in [-0.1, -0.05) is 43.3 Å². The number of rotatable bonds is 7. The summed E-state index contributed by atoms with van der Waals surface area (Å²) in [7, 11) is 1.98. The lowest BCUT2D eigenvalue weighted by Gasteiger charge is -2.28. The van der Waals surface area contributed by atoms with Gasteiger partial charge in [-0.25, -0.2) is 0 Å². The van der Waals surface area contributed by atoms with E-state index in [0.717, 1.165) is 28.6 Å². The van der Waals surface area contributed by atoms with Crippen molar-refractivity contribution in [2.45, 2.75) is 32.7 Å². The van der Waals surface area contributed by atoms with Crippen LogP contribution in [0.15, 0.2) is 60.8 Å². The molecule has 0 bridgehead atoms. The van der Waals surface area contributed by atoms with Crippen molar-refractivity contribution in [2.75, 3.05) is 11.9 Å². The van der Waals surface area contributed by atoms with E-state index in [-0.39, 0.29) is 18.2 Å². The van der Waals surface area contributed by atoms with Crippen LogP contribution < -0.4 is 5.32 Å². The van der Waals surface area contributed by atoms with Crippen LogP contribution in [0.5, 0.6) is 0 Å². The van der Waals surface area contributed by atoms with Gasteiger partial charge in [-0.2, -0.15) is 0 Å². The van der Waals surface area contributed by atoms with Gasteiger partial charge in [-0.3, -0.25) is 9.59 Å². The summed E-state index contributed by atoms with van der Waals surface area (Å²) < 4.78 is 2.04. The smallest absolute Gasteiger partial charge is 0.246 e. The number of nitrogens with one attached hydrogen (secondary N) is 1. The highest BCUT2D eigenvalue weighted by atomic mass is 16.2. The molecule has 0 fully saturated rings. The minimum atomic E-state index is -0.539. The third-order valence-electron chi connectivity index (χ3n) is 4.99. The molecule has 2 aromatic carbocycles. The van der Waals surface area contributed by atoms with Gasteiger partial charge in [0, 0.05) is 36.4 Å². The van der Waals surface area contributed by atoms with Crippen molar-refractivity contribution in [2.24, 2.45) is 7.05 Å². The highest BCUT2D eigenvalue weighted by molar-refractivity contribution is 5.97. The minimum absolute atomic E-state index is 0.0334. The van der Waals surface area contributed by atoms with Crippen LogP contribution in [0.1, 0.15) is 25.8 Å². The van der Waals surface area contributed by atoms with Crippen molar-refractivity contribution in [3.8, 4) is 0 Å². The summed E-state index contributed by atoms with van der Waals surface area (Å²) >= 11 is 0. The molecular formula is C23H27N3O2. The lowest BCUT2D eigenvalue weighted by Crippen LogP contribution is -2.46. The van der Waals surface area contributed by atoms with E-state index in [0.29, 0.717) is 6.54 Å². The molecule has 5 nitrogen and oxygen atoms in total. The maximum absolute atomic E-state index is 13.1. The van der Waals surface area contributed by atoms with E-state index in [1.54, 1.807) is 11.8 Å². The first kappa shape index (κ1) is 19.7. The van der Waals surface area contributed by atoms with Gasteiger partial charge >= 0.3 is 0 Å². The van der Waals surface area contributed by atoms with Crippen molar-refractivity contribution < 1.29 is 9.59 Å². The Hall–Kier alpha value is -3.08. The largest absolute Gasteiger partial charge is 0.350 e. The zero-order valence-electron chi connectivity index (χ0n) is 16.7. The number of para-hydroxylation sites is 2. The normalized spacial score (nSPS) is 12.0. The van der Waals surface area contributed by atoms with E-state index in [4.69, 9.17) is 0 Å². The summed E-state index contributed by atoms with van der Waals surface area (Å²) in [6.45, 7) is 4.35. The first-order valence-electron chi connectivity index (χ1n) is 9.69. The van der Waals surface area contributed by atoms with Crippen molar-refractivity contribution >= 4 is 28.4 Å². The van der Waals surface area contributed by atoms with Crippen molar-refractivity contribution in [3.05, 3.63) is 66.4 Å². The Morgan fingerprint density at radius 1 is 1.07 bits per heavy atom. The molecule has 0 aliphatic heterocycles. The Balaban J connectivity index is 1.76. The molecule has 1 heterocycles. The molecular weight excluding hydrogens is 350 g/mol. The second kappa shape index (κ2) is 8.74. The number of carbonyl (C=O) groups is 2. The van der Waals surface area contributed by atoms with Gasteiger partial charge in [0.05, 0.1) is 6.42 Å². The van der Waals surface area contributed by atoms with E-state index in [1.807, 2.05) is 79.3 Å². The molecule has 3 aromatic rings. The maximum atomic E-state index is 13.1. The summed E-state index contributed by atoms with van der Waals surface area (Å²) in [6.07, 6.45) is 3.08. The number of aryl methyl sites for hydroxylation is 1. The third kappa shape index (κ3) is 4.25. The molecule has 1 N–H and O–H groups in total. The predicted molar refractivity (Wildman–Crippen MR) is 113 cm³/mol. The monoisotopic (exact) mass is 377 g/mol. The van der Waals surface area contributed by atoms with Crippen molar-refractivity contribution in [1.82, 2.24) is 9.47 Å². The number of amides is 2. The minimum Gasteiger partial charge on any atom is -0.350 e. The topological polar surface area (TPSA) is 54.3 Å². The lowest BCUT2D eigenvalue weighted by atomic mass is 10.1.